The van der Waals surface area contributed by atoms with Crippen LogP contribution in [0.1, 0.15) is 5.69 Å². The maximum absolute atomic E-state index is 11.9. The Morgan fingerprint density at radius 2 is 2.36 bits per heavy atom. The molecule has 1 N–H and O–H groups in total. The fraction of sp³-hybridized carbons (Fsp3) is 0.0833. The van der Waals surface area contributed by atoms with Gasteiger partial charge in [-0.1, -0.05) is 11.2 Å². The molecule has 0 fully saturated rings. The summed E-state index contributed by atoms with van der Waals surface area (Å²) in [5.74, 6) is 0.234. The molecule has 3 rings (SSSR count). The van der Waals surface area contributed by atoms with Crippen molar-refractivity contribution in [3.8, 4) is 10.6 Å². The average molecular weight is 336 g/mol. The van der Waals surface area contributed by atoms with Crippen LogP contribution in [0.25, 0.3) is 10.6 Å². The van der Waals surface area contributed by atoms with E-state index in [0.29, 0.717) is 11.5 Å². The van der Waals surface area contributed by atoms with E-state index >= 15 is 0 Å². The first-order valence-corrected chi connectivity index (χ1v) is 7.71. The van der Waals surface area contributed by atoms with E-state index in [9.17, 15) is 14.9 Å². The second-order valence-electron chi connectivity index (χ2n) is 4.15. The van der Waals surface area contributed by atoms with E-state index in [0.717, 1.165) is 22.4 Å². The predicted octanol–water partition coefficient (Wildman–Crippen LogP) is 2.95. The van der Waals surface area contributed by atoms with Crippen molar-refractivity contribution < 1.29 is 14.2 Å². The van der Waals surface area contributed by atoms with E-state index < -0.39 is 4.92 Å². The number of hydrogen-bond acceptors (Lipinski definition) is 8. The number of nitro groups is 1. The number of thiophene rings is 1. The number of rotatable bonds is 5. The molecule has 0 bridgehead atoms. The Kier molecular flexibility index (Phi) is 3.94. The second kappa shape index (κ2) is 6.03. The Balaban J connectivity index is 1.63. The third-order valence-electron chi connectivity index (χ3n) is 2.58. The van der Waals surface area contributed by atoms with Gasteiger partial charge in [-0.15, -0.1) is 11.3 Å². The fourth-order valence-corrected chi connectivity index (χ4v) is 2.99. The molecular formula is C12H8N4O4S2. The molecule has 112 valence electrons. The molecule has 22 heavy (non-hydrogen) atoms. The molecule has 0 radical (unpaired) electrons. The summed E-state index contributed by atoms with van der Waals surface area (Å²) in [7, 11) is 0. The van der Waals surface area contributed by atoms with Gasteiger partial charge in [-0.2, -0.15) is 0 Å². The van der Waals surface area contributed by atoms with Crippen molar-refractivity contribution >= 4 is 38.7 Å². The molecule has 10 heteroatoms. The van der Waals surface area contributed by atoms with Crippen molar-refractivity contribution in [3.63, 3.8) is 0 Å². The number of thiazole rings is 1. The highest BCUT2D eigenvalue weighted by atomic mass is 32.1. The Bertz CT molecular complexity index is 809. The molecule has 0 aliphatic heterocycles. The molecule has 0 aliphatic rings. The van der Waals surface area contributed by atoms with E-state index in [2.05, 4.69) is 15.5 Å². The van der Waals surface area contributed by atoms with Crippen molar-refractivity contribution in [1.82, 2.24) is 10.1 Å². The largest absolute Gasteiger partial charge is 0.355 e. The number of nitrogens with one attached hydrogen (secondary N) is 1. The van der Waals surface area contributed by atoms with Crippen LogP contribution in [-0.4, -0.2) is 21.0 Å². The zero-order valence-corrected chi connectivity index (χ0v) is 12.5. The number of nitrogens with zero attached hydrogens (tertiary/aromatic N) is 3. The van der Waals surface area contributed by atoms with Gasteiger partial charge in [0.05, 0.1) is 21.9 Å². The smallest absolute Gasteiger partial charge is 0.345 e. The monoisotopic (exact) mass is 336 g/mol. The van der Waals surface area contributed by atoms with Crippen LogP contribution < -0.4 is 5.32 Å². The lowest BCUT2D eigenvalue weighted by Crippen LogP contribution is -2.14. The van der Waals surface area contributed by atoms with E-state index in [1.54, 1.807) is 6.07 Å². The van der Waals surface area contributed by atoms with E-state index in [-0.39, 0.29) is 22.5 Å². The van der Waals surface area contributed by atoms with Crippen LogP contribution in [-0.2, 0) is 11.2 Å². The molecule has 0 atom stereocenters. The van der Waals surface area contributed by atoms with Gasteiger partial charge in [-0.25, -0.2) is 4.98 Å². The molecule has 0 saturated carbocycles. The minimum absolute atomic E-state index is 0.00223. The molecule has 3 aromatic rings. The summed E-state index contributed by atoms with van der Waals surface area (Å²) >= 11 is 2.31. The molecule has 0 spiro atoms. The van der Waals surface area contributed by atoms with Crippen molar-refractivity contribution in [2.75, 3.05) is 5.32 Å². The Morgan fingerprint density at radius 1 is 1.50 bits per heavy atom. The highest BCUT2D eigenvalue weighted by Gasteiger charge is 2.15. The van der Waals surface area contributed by atoms with E-state index in [1.807, 2.05) is 17.5 Å². The van der Waals surface area contributed by atoms with Crippen molar-refractivity contribution in [3.05, 3.63) is 45.6 Å². The standard InChI is InChI=1S/C12H8N4O4S2/c17-10(14-12-13-6-11(22-12)16(18)19)5-7-4-8(20-15-7)9-2-1-3-21-9/h1-4,6H,5H2,(H,13,14,17). The fourth-order valence-electron chi connectivity index (χ4n) is 1.67. The third kappa shape index (κ3) is 3.18. The maximum Gasteiger partial charge on any atom is 0.345 e. The molecular weight excluding hydrogens is 328 g/mol. The molecule has 3 heterocycles. The van der Waals surface area contributed by atoms with Gasteiger partial charge in [-0.05, 0) is 22.8 Å². The van der Waals surface area contributed by atoms with Crippen LogP contribution in [0.15, 0.2) is 34.3 Å². The summed E-state index contributed by atoms with van der Waals surface area (Å²) in [5.41, 5.74) is 0.479. The van der Waals surface area contributed by atoms with Crippen LogP contribution >= 0.6 is 22.7 Å². The normalized spacial score (nSPS) is 10.5. The summed E-state index contributed by atoms with van der Waals surface area (Å²) < 4.78 is 5.17. The molecule has 0 aliphatic carbocycles. The molecule has 8 nitrogen and oxygen atoms in total. The molecule has 1 amide bonds. The molecule has 0 unspecified atom stereocenters. The summed E-state index contributed by atoms with van der Waals surface area (Å²) in [6.45, 7) is 0. The van der Waals surface area contributed by atoms with Crippen LogP contribution in [0, 0.1) is 10.1 Å². The predicted molar refractivity (Wildman–Crippen MR) is 80.9 cm³/mol. The minimum atomic E-state index is -0.557. The van der Waals surface area contributed by atoms with E-state index in [1.165, 1.54) is 11.3 Å². The lowest BCUT2D eigenvalue weighted by Gasteiger charge is -1.97. The number of amides is 1. The van der Waals surface area contributed by atoms with Crippen LogP contribution in [0.4, 0.5) is 10.1 Å². The lowest BCUT2D eigenvalue weighted by atomic mass is 10.2. The maximum atomic E-state index is 11.9. The topological polar surface area (TPSA) is 111 Å². The van der Waals surface area contributed by atoms with Gasteiger partial charge in [0.25, 0.3) is 0 Å². The Hall–Kier alpha value is -2.59. The van der Waals surface area contributed by atoms with Crippen LogP contribution in [0.3, 0.4) is 0 Å². The van der Waals surface area contributed by atoms with Crippen molar-refractivity contribution in [2.24, 2.45) is 0 Å². The van der Waals surface area contributed by atoms with Gasteiger partial charge < -0.3 is 9.84 Å². The Morgan fingerprint density at radius 3 is 3.05 bits per heavy atom. The zero-order valence-electron chi connectivity index (χ0n) is 10.9. The highest BCUT2D eigenvalue weighted by Crippen LogP contribution is 2.26. The number of carbonyl (C=O) groups excluding carboxylic acids is 1. The average Bonchev–Trinajstić information content (AvgIpc) is 3.18. The number of aromatic nitrogens is 2. The van der Waals surface area contributed by atoms with Gasteiger partial charge in [0.15, 0.2) is 10.9 Å². The van der Waals surface area contributed by atoms with Gasteiger partial charge in [-0.3, -0.25) is 14.9 Å². The van der Waals surface area contributed by atoms with Crippen molar-refractivity contribution in [1.29, 1.82) is 0 Å². The molecule has 0 aromatic carbocycles. The summed E-state index contributed by atoms with van der Waals surface area (Å²) in [5, 5.41) is 18.8. The molecule has 0 saturated heterocycles. The lowest BCUT2D eigenvalue weighted by molar-refractivity contribution is -0.380. The quantitative estimate of drug-likeness (QED) is 0.566. The van der Waals surface area contributed by atoms with Gasteiger partial charge >= 0.3 is 5.00 Å². The van der Waals surface area contributed by atoms with Crippen LogP contribution in [0.2, 0.25) is 0 Å². The first-order valence-electron chi connectivity index (χ1n) is 6.01. The second-order valence-corrected chi connectivity index (χ2v) is 6.10. The van der Waals surface area contributed by atoms with E-state index in [4.69, 9.17) is 4.52 Å². The third-order valence-corrected chi connectivity index (χ3v) is 4.33. The number of anilines is 1. The first kappa shape index (κ1) is 14.4. The minimum Gasteiger partial charge on any atom is -0.355 e. The number of hydrogen-bond donors (Lipinski definition) is 1. The first-order chi connectivity index (χ1) is 10.6. The number of carbonyl (C=O) groups is 1. The Labute approximate surface area is 131 Å². The summed E-state index contributed by atoms with van der Waals surface area (Å²) in [6, 6.07) is 5.48. The van der Waals surface area contributed by atoms with Crippen LogP contribution in [0.5, 0.6) is 0 Å². The van der Waals surface area contributed by atoms with Crippen molar-refractivity contribution in [2.45, 2.75) is 6.42 Å². The van der Waals surface area contributed by atoms with Gasteiger partial charge in [0.2, 0.25) is 5.91 Å². The molecule has 3 aromatic heterocycles. The van der Waals surface area contributed by atoms with Gasteiger partial charge in [0, 0.05) is 6.07 Å². The summed E-state index contributed by atoms with van der Waals surface area (Å²) in [4.78, 5) is 26.5. The zero-order chi connectivity index (χ0) is 15.5. The highest BCUT2D eigenvalue weighted by molar-refractivity contribution is 7.18. The van der Waals surface area contributed by atoms with Gasteiger partial charge in [0.1, 0.15) is 6.20 Å². The SMILES string of the molecule is O=C(Cc1cc(-c2cccs2)on1)Nc1ncc([N+](=O)[O-])s1. The summed E-state index contributed by atoms with van der Waals surface area (Å²) in [6.07, 6.45) is 1.10.